The monoisotopic (exact) mass is 276 g/mol. The predicted octanol–water partition coefficient (Wildman–Crippen LogP) is 2.07. The van der Waals surface area contributed by atoms with Gasteiger partial charge in [0.1, 0.15) is 11.4 Å². The zero-order valence-corrected chi connectivity index (χ0v) is 11.7. The van der Waals surface area contributed by atoms with Crippen LogP contribution in [0.3, 0.4) is 0 Å². The Labute approximate surface area is 117 Å². The van der Waals surface area contributed by atoms with Crippen LogP contribution in [0.4, 0.5) is 0 Å². The molecule has 100 valence electrons. The summed E-state index contributed by atoms with van der Waals surface area (Å²) in [5.41, 5.74) is 1.29. The summed E-state index contributed by atoms with van der Waals surface area (Å²) in [6, 6.07) is 7.60. The summed E-state index contributed by atoms with van der Waals surface area (Å²) in [7, 11) is 0. The van der Waals surface area contributed by atoms with Gasteiger partial charge in [0.15, 0.2) is 5.11 Å². The molecule has 1 aromatic carbocycles. The van der Waals surface area contributed by atoms with Crippen molar-refractivity contribution in [1.82, 2.24) is 10.6 Å². The maximum absolute atomic E-state index is 11.6. The topological polar surface area (TPSA) is 50.4 Å². The van der Waals surface area contributed by atoms with Gasteiger partial charge < -0.3 is 10.1 Å². The van der Waals surface area contributed by atoms with E-state index in [1.54, 1.807) is 6.08 Å². The largest absolute Gasteiger partial charge is 0.493 e. The number of nitrogens with one attached hydrogen (secondary N) is 2. The molecule has 4 nitrogen and oxygen atoms in total. The number of thiocarbonyl (C=S) groups is 1. The molecule has 1 amide bonds. The number of hydrogen-bond acceptors (Lipinski definition) is 3. The van der Waals surface area contributed by atoms with Crippen molar-refractivity contribution in [3.05, 3.63) is 35.5 Å². The normalized spacial score (nSPS) is 16.7. The molecule has 5 heteroatoms. The number of hydrogen-bond donors (Lipinski definition) is 2. The van der Waals surface area contributed by atoms with Crippen molar-refractivity contribution >= 4 is 29.3 Å². The fourth-order valence-corrected chi connectivity index (χ4v) is 1.83. The Balaban J connectivity index is 2.22. The van der Waals surface area contributed by atoms with Crippen LogP contribution in [0.2, 0.25) is 0 Å². The van der Waals surface area contributed by atoms with Gasteiger partial charge in [0.2, 0.25) is 0 Å². The molecule has 0 atom stereocenters. The van der Waals surface area contributed by atoms with Gasteiger partial charge in [-0.25, -0.2) is 0 Å². The van der Waals surface area contributed by atoms with Gasteiger partial charge in [0, 0.05) is 5.56 Å². The Morgan fingerprint density at radius 3 is 2.68 bits per heavy atom. The van der Waals surface area contributed by atoms with Crippen LogP contribution >= 0.6 is 12.2 Å². The quantitative estimate of drug-likeness (QED) is 0.653. The lowest BCUT2D eigenvalue weighted by Gasteiger charge is -2.11. The first-order chi connectivity index (χ1) is 9.06. The summed E-state index contributed by atoms with van der Waals surface area (Å²) in [5, 5.41) is 5.68. The van der Waals surface area contributed by atoms with Crippen LogP contribution in [0.15, 0.2) is 30.0 Å². The van der Waals surface area contributed by atoms with E-state index < -0.39 is 0 Å². The van der Waals surface area contributed by atoms with Crippen molar-refractivity contribution in [2.24, 2.45) is 5.92 Å². The Bertz CT molecular complexity index is 538. The summed E-state index contributed by atoms with van der Waals surface area (Å²) in [5.74, 6) is 0.987. The molecule has 1 aliphatic rings. The standard InChI is InChI=1S/C14H16N2O2S/c1-9(2)8-18-12-6-4-3-5-10(12)7-11-13(17)16-14(19)15-11/h3-7,9H,8H2,1-2H3,(H2,15,16,17,19). The third-order valence-electron chi connectivity index (χ3n) is 2.51. The first kappa shape index (κ1) is 13.5. The fraction of sp³-hybridized carbons (Fsp3) is 0.286. The van der Waals surface area contributed by atoms with Crippen LogP contribution in [-0.2, 0) is 4.79 Å². The van der Waals surface area contributed by atoms with Crippen LogP contribution in [0.5, 0.6) is 5.75 Å². The van der Waals surface area contributed by atoms with E-state index in [2.05, 4.69) is 24.5 Å². The van der Waals surface area contributed by atoms with Crippen molar-refractivity contribution in [2.75, 3.05) is 6.61 Å². The molecule has 2 N–H and O–H groups in total. The highest BCUT2D eigenvalue weighted by Crippen LogP contribution is 2.21. The Kier molecular flexibility index (Phi) is 4.16. The second-order valence-electron chi connectivity index (χ2n) is 4.71. The van der Waals surface area contributed by atoms with Crippen LogP contribution < -0.4 is 15.4 Å². The SMILES string of the molecule is CC(C)COc1ccccc1C=C1NC(=S)NC1=O. The lowest BCUT2D eigenvalue weighted by atomic mass is 10.1. The highest BCUT2D eigenvalue weighted by Gasteiger charge is 2.20. The molecule has 0 aromatic heterocycles. The second kappa shape index (κ2) is 5.84. The van der Waals surface area contributed by atoms with E-state index in [0.29, 0.717) is 23.3 Å². The number of para-hydroxylation sites is 1. The Morgan fingerprint density at radius 2 is 2.05 bits per heavy atom. The summed E-state index contributed by atoms with van der Waals surface area (Å²) < 4.78 is 5.73. The first-order valence-corrected chi connectivity index (χ1v) is 6.53. The van der Waals surface area contributed by atoms with E-state index in [0.717, 1.165) is 11.3 Å². The maximum Gasteiger partial charge on any atom is 0.273 e. The number of rotatable bonds is 4. The van der Waals surface area contributed by atoms with Crippen molar-refractivity contribution in [1.29, 1.82) is 0 Å². The number of carbonyl (C=O) groups is 1. The lowest BCUT2D eigenvalue weighted by molar-refractivity contribution is -0.115. The van der Waals surface area contributed by atoms with Gasteiger partial charge in [-0.05, 0) is 30.3 Å². The molecule has 19 heavy (non-hydrogen) atoms. The minimum atomic E-state index is -0.219. The average Bonchev–Trinajstić information content (AvgIpc) is 2.67. The molecule has 0 bridgehead atoms. The third kappa shape index (κ3) is 3.54. The first-order valence-electron chi connectivity index (χ1n) is 6.12. The summed E-state index contributed by atoms with van der Waals surface area (Å²) in [6.07, 6.45) is 1.74. The van der Waals surface area contributed by atoms with Crippen molar-refractivity contribution in [3.63, 3.8) is 0 Å². The van der Waals surface area contributed by atoms with Gasteiger partial charge in [0.25, 0.3) is 5.91 Å². The Morgan fingerprint density at radius 1 is 1.32 bits per heavy atom. The predicted molar refractivity (Wildman–Crippen MR) is 78.6 cm³/mol. The number of amides is 1. The molecule has 0 aliphatic carbocycles. The summed E-state index contributed by atoms with van der Waals surface area (Å²) in [4.78, 5) is 11.6. The molecule has 0 spiro atoms. The van der Waals surface area contributed by atoms with Gasteiger partial charge in [-0.1, -0.05) is 32.0 Å². The third-order valence-corrected chi connectivity index (χ3v) is 2.72. The minimum Gasteiger partial charge on any atom is -0.493 e. The van der Waals surface area contributed by atoms with Gasteiger partial charge in [-0.2, -0.15) is 0 Å². The molecule has 1 fully saturated rings. The van der Waals surface area contributed by atoms with Crippen LogP contribution in [-0.4, -0.2) is 17.6 Å². The smallest absolute Gasteiger partial charge is 0.273 e. The van der Waals surface area contributed by atoms with E-state index in [1.807, 2.05) is 24.3 Å². The highest BCUT2D eigenvalue weighted by atomic mass is 32.1. The van der Waals surface area contributed by atoms with E-state index in [1.165, 1.54) is 0 Å². The molecule has 1 aromatic rings. The second-order valence-corrected chi connectivity index (χ2v) is 5.12. The molecule has 1 heterocycles. The number of benzene rings is 1. The van der Waals surface area contributed by atoms with Crippen molar-refractivity contribution in [2.45, 2.75) is 13.8 Å². The van der Waals surface area contributed by atoms with Crippen molar-refractivity contribution < 1.29 is 9.53 Å². The van der Waals surface area contributed by atoms with E-state index >= 15 is 0 Å². The highest BCUT2D eigenvalue weighted by molar-refractivity contribution is 7.80. The molecule has 0 radical (unpaired) electrons. The minimum absolute atomic E-state index is 0.219. The molecule has 0 saturated carbocycles. The number of carbonyl (C=O) groups excluding carboxylic acids is 1. The lowest BCUT2D eigenvalue weighted by Crippen LogP contribution is -2.21. The van der Waals surface area contributed by atoms with Crippen LogP contribution in [0.1, 0.15) is 19.4 Å². The van der Waals surface area contributed by atoms with E-state index in [4.69, 9.17) is 17.0 Å². The molecule has 0 unspecified atom stereocenters. The zero-order chi connectivity index (χ0) is 13.8. The maximum atomic E-state index is 11.6. The molecule has 2 rings (SSSR count). The molecular weight excluding hydrogens is 260 g/mol. The zero-order valence-electron chi connectivity index (χ0n) is 10.9. The Hall–Kier alpha value is -1.88. The van der Waals surface area contributed by atoms with Crippen LogP contribution in [0.25, 0.3) is 6.08 Å². The number of ether oxygens (including phenoxy) is 1. The fourth-order valence-electron chi connectivity index (χ4n) is 1.63. The van der Waals surface area contributed by atoms with Crippen molar-refractivity contribution in [3.8, 4) is 5.75 Å². The summed E-state index contributed by atoms with van der Waals surface area (Å²) >= 11 is 4.89. The summed E-state index contributed by atoms with van der Waals surface area (Å²) in [6.45, 7) is 4.81. The molecule has 1 saturated heterocycles. The molecular formula is C14H16N2O2S. The van der Waals surface area contributed by atoms with E-state index in [9.17, 15) is 4.79 Å². The van der Waals surface area contributed by atoms with Gasteiger partial charge >= 0.3 is 0 Å². The van der Waals surface area contributed by atoms with Crippen LogP contribution in [0, 0.1) is 5.92 Å². The molecule has 1 aliphatic heterocycles. The van der Waals surface area contributed by atoms with Gasteiger partial charge in [-0.3, -0.25) is 10.1 Å². The van der Waals surface area contributed by atoms with E-state index in [-0.39, 0.29) is 5.91 Å². The van der Waals surface area contributed by atoms with Gasteiger partial charge in [-0.15, -0.1) is 0 Å². The van der Waals surface area contributed by atoms with Gasteiger partial charge in [0.05, 0.1) is 6.61 Å². The average molecular weight is 276 g/mol.